The lowest BCUT2D eigenvalue weighted by molar-refractivity contribution is 0.744. The van der Waals surface area contributed by atoms with Crippen LogP contribution < -0.4 is 0 Å². The van der Waals surface area contributed by atoms with E-state index in [1.165, 1.54) is 5.56 Å². The average molecular weight is 253 g/mol. The fourth-order valence-electron chi connectivity index (χ4n) is 2.08. The molecule has 0 fully saturated rings. The fraction of sp³-hybridized carbons (Fsp3) is 0.286. The molecule has 0 N–H and O–H groups in total. The van der Waals surface area contributed by atoms with Gasteiger partial charge in [0, 0.05) is 6.20 Å². The summed E-state index contributed by atoms with van der Waals surface area (Å²) >= 11 is 0. The summed E-state index contributed by atoms with van der Waals surface area (Å²) in [5.74, 6) is 0.946. The molecule has 0 amide bonds. The number of fused-ring (bicyclic) bond motifs is 1. The average Bonchev–Trinajstić information content (AvgIpc) is 2.81. The van der Waals surface area contributed by atoms with Gasteiger partial charge in [-0.25, -0.2) is 0 Å². The van der Waals surface area contributed by atoms with Crippen LogP contribution in [0.3, 0.4) is 0 Å². The van der Waals surface area contributed by atoms with Gasteiger partial charge in [-0.15, -0.1) is 10.2 Å². The second-order valence-electron chi connectivity index (χ2n) is 4.81. The van der Waals surface area contributed by atoms with Gasteiger partial charge < -0.3 is 0 Å². The molecule has 19 heavy (non-hydrogen) atoms. The van der Waals surface area contributed by atoms with E-state index in [9.17, 15) is 0 Å². The van der Waals surface area contributed by atoms with Crippen LogP contribution in [0.25, 0.3) is 5.65 Å². The fourth-order valence-corrected chi connectivity index (χ4v) is 2.08. The van der Waals surface area contributed by atoms with Gasteiger partial charge >= 0.3 is 0 Å². The number of pyridine rings is 1. The molecule has 5 nitrogen and oxygen atoms in total. The first-order chi connectivity index (χ1) is 9.15. The summed E-state index contributed by atoms with van der Waals surface area (Å²) in [5, 5.41) is 16.8. The Balaban J connectivity index is 2.08. The number of hydrogen-bond donors (Lipinski definition) is 0. The monoisotopic (exact) mass is 253 g/mol. The van der Waals surface area contributed by atoms with E-state index in [1.807, 2.05) is 41.8 Å². The van der Waals surface area contributed by atoms with E-state index < -0.39 is 0 Å². The van der Waals surface area contributed by atoms with Crippen LogP contribution in [0.1, 0.15) is 35.6 Å². The highest BCUT2D eigenvalue weighted by molar-refractivity contribution is 5.40. The molecular weight excluding hydrogens is 238 g/mol. The quantitative estimate of drug-likeness (QED) is 0.703. The first kappa shape index (κ1) is 11.8. The van der Waals surface area contributed by atoms with E-state index in [1.54, 1.807) is 0 Å². The number of hydrogen-bond acceptors (Lipinski definition) is 4. The van der Waals surface area contributed by atoms with E-state index in [0.717, 1.165) is 22.9 Å². The molecule has 0 aliphatic heterocycles. The lowest BCUT2D eigenvalue weighted by Gasteiger charge is -2.09. The maximum atomic E-state index is 4.28. The third-order valence-electron chi connectivity index (χ3n) is 3.23. The lowest BCUT2D eigenvalue weighted by Crippen LogP contribution is -2.06. The van der Waals surface area contributed by atoms with Gasteiger partial charge in [-0.2, -0.15) is 10.2 Å². The van der Waals surface area contributed by atoms with Crippen molar-refractivity contribution in [3.63, 3.8) is 0 Å². The summed E-state index contributed by atoms with van der Waals surface area (Å²) in [7, 11) is 0. The van der Waals surface area contributed by atoms with Crippen molar-refractivity contribution < 1.29 is 0 Å². The summed E-state index contributed by atoms with van der Waals surface area (Å²) in [6.45, 7) is 6.05. The highest BCUT2D eigenvalue weighted by Gasteiger charge is 2.17. The first-order valence-electron chi connectivity index (χ1n) is 6.26. The van der Waals surface area contributed by atoms with Crippen molar-refractivity contribution in [2.24, 2.45) is 0 Å². The molecule has 0 radical (unpaired) electrons. The lowest BCUT2D eigenvalue weighted by atomic mass is 10.1. The third kappa shape index (κ3) is 2.07. The molecule has 3 rings (SSSR count). The van der Waals surface area contributed by atoms with Crippen LogP contribution in [0.4, 0.5) is 0 Å². The molecule has 0 aliphatic rings. The second kappa shape index (κ2) is 4.42. The van der Waals surface area contributed by atoms with Crippen LogP contribution in [0.2, 0.25) is 0 Å². The van der Waals surface area contributed by atoms with Gasteiger partial charge in [0.1, 0.15) is 5.82 Å². The summed E-state index contributed by atoms with van der Waals surface area (Å²) in [4.78, 5) is 0. The van der Waals surface area contributed by atoms with Crippen LogP contribution in [0.5, 0.6) is 0 Å². The Bertz CT molecular complexity index is 714. The van der Waals surface area contributed by atoms with Crippen LogP contribution in [-0.2, 0) is 0 Å². The molecule has 0 spiro atoms. The molecule has 0 aromatic carbocycles. The number of nitrogens with zero attached hydrogens (tertiary/aromatic N) is 5. The van der Waals surface area contributed by atoms with Crippen molar-refractivity contribution >= 4 is 5.65 Å². The topological polar surface area (TPSA) is 56.0 Å². The maximum absolute atomic E-state index is 4.28. The largest absolute Gasteiger partial charge is 0.286 e. The minimum atomic E-state index is 0.0601. The van der Waals surface area contributed by atoms with Gasteiger partial charge in [0.2, 0.25) is 0 Å². The van der Waals surface area contributed by atoms with Crippen molar-refractivity contribution in [2.75, 3.05) is 0 Å². The van der Waals surface area contributed by atoms with Crippen molar-refractivity contribution in [1.29, 1.82) is 0 Å². The number of aryl methyl sites for hydroxylation is 2. The normalized spacial score (nSPS) is 12.8. The smallest absolute Gasteiger partial charge is 0.160 e. The van der Waals surface area contributed by atoms with Gasteiger partial charge in [-0.3, -0.25) is 4.40 Å². The molecule has 1 atom stereocenters. The Morgan fingerprint density at radius 3 is 2.53 bits per heavy atom. The van der Waals surface area contributed by atoms with Gasteiger partial charge in [0.15, 0.2) is 5.65 Å². The molecule has 3 aromatic heterocycles. The van der Waals surface area contributed by atoms with Crippen LogP contribution in [0, 0.1) is 13.8 Å². The zero-order valence-corrected chi connectivity index (χ0v) is 11.2. The minimum absolute atomic E-state index is 0.0601. The standard InChI is InChI=1S/C14H15N5/c1-9-4-7-13-17-18-14(19(13)8-9)11(3)12-6-5-10(2)15-16-12/h4-8,11H,1-3H3. The van der Waals surface area contributed by atoms with Crippen molar-refractivity contribution in [2.45, 2.75) is 26.7 Å². The van der Waals surface area contributed by atoms with E-state index in [-0.39, 0.29) is 5.92 Å². The van der Waals surface area contributed by atoms with Crippen molar-refractivity contribution in [1.82, 2.24) is 24.8 Å². The summed E-state index contributed by atoms with van der Waals surface area (Å²) < 4.78 is 2.02. The molecule has 3 aromatic rings. The van der Waals surface area contributed by atoms with Crippen LogP contribution in [0.15, 0.2) is 30.5 Å². The molecule has 3 heterocycles. The molecule has 0 saturated carbocycles. The van der Waals surface area contributed by atoms with Crippen LogP contribution >= 0.6 is 0 Å². The van der Waals surface area contributed by atoms with Crippen molar-refractivity contribution in [3.05, 3.63) is 53.2 Å². The van der Waals surface area contributed by atoms with E-state index in [4.69, 9.17) is 0 Å². The molecular formula is C14H15N5. The Labute approximate surface area is 111 Å². The zero-order valence-electron chi connectivity index (χ0n) is 11.2. The highest BCUT2D eigenvalue weighted by atomic mass is 15.2. The minimum Gasteiger partial charge on any atom is -0.286 e. The third-order valence-corrected chi connectivity index (χ3v) is 3.23. The Morgan fingerprint density at radius 1 is 0.947 bits per heavy atom. The maximum Gasteiger partial charge on any atom is 0.160 e. The molecule has 1 unspecified atom stereocenters. The SMILES string of the molecule is Cc1ccc2nnc(C(C)c3ccc(C)nn3)n2c1. The number of rotatable bonds is 2. The van der Waals surface area contributed by atoms with E-state index >= 15 is 0 Å². The molecule has 5 heteroatoms. The predicted octanol–water partition coefficient (Wildman–Crippen LogP) is 2.29. The van der Waals surface area contributed by atoms with Gasteiger partial charge in [0.05, 0.1) is 17.3 Å². The summed E-state index contributed by atoms with van der Waals surface area (Å²) in [5.41, 5.74) is 3.85. The van der Waals surface area contributed by atoms with E-state index in [2.05, 4.69) is 34.2 Å². The Morgan fingerprint density at radius 2 is 1.79 bits per heavy atom. The first-order valence-corrected chi connectivity index (χ1v) is 6.26. The van der Waals surface area contributed by atoms with E-state index in [0.29, 0.717) is 0 Å². The van der Waals surface area contributed by atoms with Crippen LogP contribution in [-0.4, -0.2) is 24.8 Å². The van der Waals surface area contributed by atoms with Gasteiger partial charge in [0.25, 0.3) is 0 Å². The Kier molecular flexibility index (Phi) is 2.74. The van der Waals surface area contributed by atoms with Gasteiger partial charge in [-0.05, 0) is 44.5 Å². The number of aromatic nitrogens is 5. The Hall–Kier alpha value is -2.30. The second-order valence-corrected chi connectivity index (χ2v) is 4.81. The molecule has 0 saturated heterocycles. The summed E-state index contributed by atoms with van der Waals surface area (Å²) in [6, 6.07) is 7.96. The summed E-state index contributed by atoms with van der Waals surface area (Å²) in [6.07, 6.45) is 2.04. The van der Waals surface area contributed by atoms with Gasteiger partial charge in [-0.1, -0.05) is 6.07 Å². The zero-order chi connectivity index (χ0) is 13.4. The highest BCUT2D eigenvalue weighted by Crippen LogP contribution is 2.21. The molecule has 0 aliphatic carbocycles. The predicted molar refractivity (Wildman–Crippen MR) is 72.0 cm³/mol. The van der Waals surface area contributed by atoms with Crippen molar-refractivity contribution in [3.8, 4) is 0 Å². The molecule has 0 bridgehead atoms. The molecule has 96 valence electrons.